The van der Waals surface area contributed by atoms with Crippen LogP contribution in [0.15, 0.2) is 24.3 Å². The van der Waals surface area contributed by atoms with Crippen LogP contribution in [-0.4, -0.2) is 43.2 Å². The molecule has 1 aromatic carbocycles. The zero-order chi connectivity index (χ0) is 16.5. The van der Waals surface area contributed by atoms with E-state index in [1.165, 1.54) is 11.1 Å². The predicted octanol–water partition coefficient (Wildman–Crippen LogP) is 2.54. The molecule has 1 amide bonds. The Morgan fingerprint density at radius 1 is 1.22 bits per heavy atom. The number of rotatable bonds is 8. The third-order valence-corrected chi connectivity index (χ3v) is 4.56. The van der Waals surface area contributed by atoms with Crippen molar-refractivity contribution in [2.24, 2.45) is 5.73 Å². The number of nitrogens with zero attached hydrogens (tertiary/aromatic N) is 1. The first-order valence-electron chi connectivity index (χ1n) is 8.90. The summed E-state index contributed by atoms with van der Waals surface area (Å²) in [6, 6.07) is 8.60. The first-order valence-corrected chi connectivity index (χ1v) is 8.90. The third-order valence-electron chi connectivity index (χ3n) is 4.56. The van der Waals surface area contributed by atoms with Crippen molar-refractivity contribution in [2.75, 3.05) is 26.2 Å². The minimum atomic E-state index is 0.268. The zero-order valence-electron chi connectivity index (χ0n) is 14.3. The Morgan fingerprint density at radius 2 is 1.87 bits per heavy atom. The van der Waals surface area contributed by atoms with Crippen molar-refractivity contribution in [1.29, 1.82) is 0 Å². The molecule has 0 aliphatic carbocycles. The minimum absolute atomic E-state index is 0.268. The van der Waals surface area contributed by atoms with Gasteiger partial charge in [-0.2, -0.15) is 0 Å². The number of amides is 1. The molecule has 1 saturated heterocycles. The first kappa shape index (κ1) is 18.0. The van der Waals surface area contributed by atoms with Crippen molar-refractivity contribution < 1.29 is 9.53 Å². The Labute approximate surface area is 140 Å². The molecule has 2 N–H and O–H groups in total. The Balaban J connectivity index is 1.68. The van der Waals surface area contributed by atoms with E-state index in [-0.39, 0.29) is 5.91 Å². The maximum absolute atomic E-state index is 12.3. The molecule has 1 aliphatic rings. The van der Waals surface area contributed by atoms with Crippen LogP contribution in [0.5, 0.6) is 0 Å². The van der Waals surface area contributed by atoms with E-state index >= 15 is 0 Å². The molecule has 128 valence electrons. The summed E-state index contributed by atoms with van der Waals surface area (Å²) < 4.78 is 5.78. The average Bonchev–Trinajstić information content (AvgIpc) is 2.61. The molecule has 1 aromatic rings. The Hall–Kier alpha value is -1.39. The van der Waals surface area contributed by atoms with Gasteiger partial charge in [-0.25, -0.2) is 0 Å². The summed E-state index contributed by atoms with van der Waals surface area (Å²) in [5.41, 5.74) is 8.06. The summed E-state index contributed by atoms with van der Waals surface area (Å²) in [6.45, 7) is 5.21. The van der Waals surface area contributed by atoms with Crippen molar-refractivity contribution >= 4 is 5.91 Å². The normalized spacial score (nSPS) is 15.8. The second kappa shape index (κ2) is 9.68. The van der Waals surface area contributed by atoms with Crippen molar-refractivity contribution in [3.63, 3.8) is 0 Å². The number of hydrogen-bond donors (Lipinski definition) is 1. The smallest absolute Gasteiger partial charge is 0.222 e. The molecule has 0 bridgehead atoms. The van der Waals surface area contributed by atoms with Crippen molar-refractivity contribution in [3.05, 3.63) is 35.4 Å². The quantitative estimate of drug-likeness (QED) is 0.749. The van der Waals surface area contributed by atoms with E-state index < -0.39 is 0 Å². The highest BCUT2D eigenvalue weighted by molar-refractivity contribution is 5.76. The standard InChI is InChI=1S/C19H30N2O2/c1-2-16-4-6-17(7-5-16)8-9-19(22)21-13-10-18(11-14-21)23-15-3-12-20/h4-7,18H,2-3,8-15,20H2,1H3. The summed E-state index contributed by atoms with van der Waals surface area (Å²) >= 11 is 0. The first-order chi connectivity index (χ1) is 11.2. The van der Waals surface area contributed by atoms with Gasteiger partial charge in [0.25, 0.3) is 0 Å². The van der Waals surface area contributed by atoms with Crippen molar-refractivity contribution in [2.45, 2.75) is 51.6 Å². The number of aryl methyl sites for hydroxylation is 2. The van der Waals surface area contributed by atoms with E-state index in [1.54, 1.807) is 0 Å². The lowest BCUT2D eigenvalue weighted by Crippen LogP contribution is -2.41. The van der Waals surface area contributed by atoms with E-state index in [9.17, 15) is 4.79 Å². The molecule has 0 unspecified atom stereocenters. The van der Waals surface area contributed by atoms with Gasteiger partial charge < -0.3 is 15.4 Å². The number of carbonyl (C=O) groups is 1. The maximum Gasteiger partial charge on any atom is 0.222 e. The van der Waals surface area contributed by atoms with Crippen LogP contribution in [0.2, 0.25) is 0 Å². The fourth-order valence-corrected chi connectivity index (χ4v) is 2.96. The van der Waals surface area contributed by atoms with Gasteiger partial charge in [0, 0.05) is 26.1 Å². The predicted molar refractivity (Wildman–Crippen MR) is 93.4 cm³/mol. The van der Waals surface area contributed by atoms with E-state index in [0.717, 1.165) is 51.8 Å². The lowest BCUT2D eigenvalue weighted by atomic mass is 10.0. The van der Waals surface area contributed by atoms with Crippen molar-refractivity contribution in [1.82, 2.24) is 4.90 Å². The number of benzene rings is 1. The van der Waals surface area contributed by atoms with Crippen LogP contribution in [0.3, 0.4) is 0 Å². The molecule has 0 saturated carbocycles. The monoisotopic (exact) mass is 318 g/mol. The molecule has 4 nitrogen and oxygen atoms in total. The summed E-state index contributed by atoms with van der Waals surface area (Å²) in [6.07, 6.45) is 5.59. The molecule has 0 aromatic heterocycles. The van der Waals surface area contributed by atoms with Gasteiger partial charge in [-0.05, 0) is 49.8 Å². The van der Waals surface area contributed by atoms with E-state index in [0.29, 0.717) is 19.1 Å². The van der Waals surface area contributed by atoms with E-state index in [1.807, 2.05) is 4.90 Å². The van der Waals surface area contributed by atoms with Crippen LogP contribution < -0.4 is 5.73 Å². The molecule has 23 heavy (non-hydrogen) atoms. The third kappa shape index (κ3) is 5.96. The Morgan fingerprint density at radius 3 is 2.48 bits per heavy atom. The zero-order valence-corrected chi connectivity index (χ0v) is 14.3. The van der Waals surface area contributed by atoms with Gasteiger partial charge in [0.15, 0.2) is 0 Å². The molecular formula is C19H30N2O2. The summed E-state index contributed by atoms with van der Waals surface area (Å²) in [5.74, 6) is 0.268. The highest BCUT2D eigenvalue weighted by atomic mass is 16.5. The van der Waals surface area contributed by atoms with E-state index in [2.05, 4.69) is 31.2 Å². The van der Waals surface area contributed by atoms with Crippen LogP contribution >= 0.6 is 0 Å². The molecule has 1 heterocycles. The average molecular weight is 318 g/mol. The number of nitrogens with two attached hydrogens (primary N) is 1. The van der Waals surface area contributed by atoms with Gasteiger partial charge >= 0.3 is 0 Å². The minimum Gasteiger partial charge on any atom is -0.378 e. The number of hydrogen-bond acceptors (Lipinski definition) is 3. The van der Waals surface area contributed by atoms with Gasteiger partial charge in [0.2, 0.25) is 5.91 Å². The summed E-state index contributed by atoms with van der Waals surface area (Å²) in [5, 5.41) is 0. The van der Waals surface area contributed by atoms with Crippen LogP contribution in [-0.2, 0) is 22.4 Å². The lowest BCUT2D eigenvalue weighted by Gasteiger charge is -2.32. The fourth-order valence-electron chi connectivity index (χ4n) is 2.96. The highest BCUT2D eigenvalue weighted by Crippen LogP contribution is 2.16. The molecule has 0 atom stereocenters. The summed E-state index contributed by atoms with van der Waals surface area (Å²) in [4.78, 5) is 14.3. The lowest BCUT2D eigenvalue weighted by molar-refractivity contribution is -0.133. The second-order valence-corrected chi connectivity index (χ2v) is 6.26. The van der Waals surface area contributed by atoms with E-state index in [4.69, 9.17) is 10.5 Å². The van der Waals surface area contributed by atoms with Crippen molar-refractivity contribution in [3.8, 4) is 0 Å². The fraction of sp³-hybridized carbons (Fsp3) is 0.632. The molecular weight excluding hydrogens is 288 g/mol. The SMILES string of the molecule is CCc1ccc(CCC(=O)N2CCC(OCCCN)CC2)cc1. The highest BCUT2D eigenvalue weighted by Gasteiger charge is 2.22. The van der Waals surface area contributed by atoms with Gasteiger partial charge in [-0.15, -0.1) is 0 Å². The largest absolute Gasteiger partial charge is 0.378 e. The summed E-state index contributed by atoms with van der Waals surface area (Å²) in [7, 11) is 0. The number of likely N-dealkylation sites (tertiary alicyclic amines) is 1. The van der Waals surface area contributed by atoms with Crippen LogP contribution in [0.25, 0.3) is 0 Å². The van der Waals surface area contributed by atoms with Gasteiger partial charge in [-0.3, -0.25) is 4.79 Å². The number of ether oxygens (including phenoxy) is 1. The molecule has 0 radical (unpaired) electrons. The van der Waals surface area contributed by atoms with Crippen LogP contribution in [0.1, 0.15) is 43.7 Å². The van der Waals surface area contributed by atoms with Gasteiger partial charge in [-0.1, -0.05) is 31.2 Å². The topological polar surface area (TPSA) is 55.6 Å². The number of carbonyl (C=O) groups excluding carboxylic acids is 1. The number of piperidine rings is 1. The molecule has 4 heteroatoms. The van der Waals surface area contributed by atoms with Crippen LogP contribution in [0, 0.1) is 0 Å². The second-order valence-electron chi connectivity index (χ2n) is 6.26. The van der Waals surface area contributed by atoms with Gasteiger partial charge in [0.05, 0.1) is 6.10 Å². The Kier molecular flexibility index (Phi) is 7.56. The molecule has 1 aliphatic heterocycles. The Bertz CT molecular complexity index is 465. The molecule has 2 rings (SSSR count). The molecule has 1 fully saturated rings. The molecule has 0 spiro atoms. The maximum atomic E-state index is 12.3. The van der Waals surface area contributed by atoms with Gasteiger partial charge in [0.1, 0.15) is 0 Å². The van der Waals surface area contributed by atoms with Crippen LogP contribution in [0.4, 0.5) is 0 Å².